The number of carbonyl (C=O) groups is 1. The predicted octanol–water partition coefficient (Wildman–Crippen LogP) is 6.80. The molecule has 1 amide bonds. The van der Waals surface area contributed by atoms with Gasteiger partial charge in [0.1, 0.15) is 21.8 Å². The first-order chi connectivity index (χ1) is 16.9. The number of nitrogens with one attached hydrogen (secondary N) is 1. The molecule has 35 heavy (non-hydrogen) atoms. The molecule has 4 rings (SSSR count). The molecular weight excluding hydrogens is 482 g/mol. The zero-order valence-electron chi connectivity index (χ0n) is 18.9. The van der Waals surface area contributed by atoms with Crippen LogP contribution in [-0.2, 0) is 0 Å². The number of phenolic OH excluding ortho intramolecular Hbond substituents is 1. The minimum absolute atomic E-state index is 0.00580. The van der Waals surface area contributed by atoms with Crippen LogP contribution in [0.4, 0.5) is 5.00 Å². The van der Waals surface area contributed by atoms with Crippen LogP contribution >= 0.6 is 22.9 Å². The number of rotatable bonds is 6. The zero-order valence-corrected chi connectivity index (χ0v) is 20.4. The fraction of sp³-hybridized carbons (Fsp3) is 0.0741. The number of methoxy groups -OCH3 is 1. The van der Waals surface area contributed by atoms with Gasteiger partial charge >= 0.3 is 0 Å². The van der Waals surface area contributed by atoms with Gasteiger partial charge in [-0.2, -0.15) is 5.26 Å². The normalized spacial score (nSPS) is 11.1. The molecule has 2 N–H and O–H groups in total. The van der Waals surface area contributed by atoms with Crippen molar-refractivity contribution in [1.82, 2.24) is 4.98 Å². The molecule has 0 saturated heterocycles. The van der Waals surface area contributed by atoms with Gasteiger partial charge in [0.05, 0.1) is 12.7 Å². The van der Waals surface area contributed by atoms with Gasteiger partial charge in [-0.05, 0) is 55.0 Å². The molecule has 6 nitrogen and oxygen atoms in total. The number of benzene rings is 3. The van der Waals surface area contributed by atoms with Crippen LogP contribution in [0, 0.1) is 18.3 Å². The highest BCUT2D eigenvalue weighted by Crippen LogP contribution is 2.37. The summed E-state index contributed by atoms with van der Waals surface area (Å²) in [7, 11) is 1.46. The van der Waals surface area contributed by atoms with Gasteiger partial charge in [0, 0.05) is 16.1 Å². The Hall–Kier alpha value is -4.12. The molecule has 0 unspecified atom stereocenters. The number of allylic oxidation sites excluding steroid dienone is 1. The number of amides is 1. The molecule has 8 heteroatoms. The average molecular weight is 502 g/mol. The topological polar surface area (TPSA) is 95.2 Å². The minimum Gasteiger partial charge on any atom is -0.504 e. The van der Waals surface area contributed by atoms with Crippen LogP contribution in [0.15, 0.2) is 66.7 Å². The molecule has 0 aliphatic rings. The molecule has 174 valence electrons. The number of aryl methyl sites for hydroxylation is 1. The van der Waals surface area contributed by atoms with Gasteiger partial charge in [-0.25, -0.2) is 4.98 Å². The lowest BCUT2D eigenvalue weighted by Crippen LogP contribution is -2.11. The van der Waals surface area contributed by atoms with Gasteiger partial charge in [0.25, 0.3) is 5.91 Å². The molecule has 0 radical (unpaired) electrons. The van der Waals surface area contributed by atoms with E-state index < -0.39 is 0 Å². The second kappa shape index (κ2) is 10.4. The van der Waals surface area contributed by atoms with Crippen molar-refractivity contribution in [2.45, 2.75) is 6.92 Å². The number of phenols is 1. The van der Waals surface area contributed by atoms with E-state index in [2.05, 4.69) is 11.4 Å². The van der Waals surface area contributed by atoms with Crippen LogP contribution in [0.5, 0.6) is 11.5 Å². The molecule has 1 heterocycles. The summed E-state index contributed by atoms with van der Waals surface area (Å²) in [5.41, 5.74) is 3.89. The molecule has 4 aromatic rings. The Morgan fingerprint density at radius 1 is 1.14 bits per heavy atom. The number of halogens is 1. The van der Waals surface area contributed by atoms with Crippen molar-refractivity contribution in [3.05, 3.63) is 93.5 Å². The fourth-order valence-electron chi connectivity index (χ4n) is 3.30. The van der Waals surface area contributed by atoms with Crippen LogP contribution in [0.3, 0.4) is 0 Å². The summed E-state index contributed by atoms with van der Waals surface area (Å²) in [5.74, 6) is -0.00584. The number of carbonyl (C=O) groups excluding carboxylic acids is 1. The Labute approximate surface area is 211 Å². The van der Waals surface area contributed by atoms with Gasteiger partial charge in [0.15, 0.2) is 11.5 Å². The molecule has 0 atom stereocenters. The maximum Gasteiger partial charge on any atom is 0.256 e. The molecule has 0 fully saturated rings. The second-order valence-corrected chi connectivity index (χ2v) is 9.06. The fourth-order valence-corrected chi connectivity index (χ4v) is 4.37. The highest BCUT2D eigenvalue weighted by molar-refractivity contribution is 7.17. The smallest absolute Gasteiger partial charge is 0.256 e. The average Bonchev–Trinajstić information content (AvgIpc) is 3.27. The van der Waals surface area contributed by atoms with Crippen molar-refractivity contribution in [3.63, 3.8) is 0 Å². The Morgan fingerprint density at radius 3 is 2.51 bits per heavy atom. The number of aromatic nitrogens is 1. The SMILES string of the molecule is COc1cc(/C=C(\C#N)c2nc(-c3ccc(C)cc3)c(NC(=O)c3ccc(Cl)cc3)s2)ccc1O. The van der Waals surface area contributed by atoms with E-state index in [1.165, 1.54) is 24.5 Å². The van der Waals surface area contributed by atoms with Crippen LogP contribution in [-0.4, -0.2) is 23.1 Å². The molecule has 0 bridgehead atoms. The second-order valence-electron chi connectivity index (χ2n) is 7.62. The Bertz CT molecular complexity index is 1450. The number of anilines is 1. The number of thiazole rings is 1. The molecule has 0 aliphatic carbocycles. The maximum atomic E-state index is 12.9. The first-order valence-corrected chi connectivity index (χ1v) is 11.7. The van der Waals surface area contributed by atoms with E-state index in [1.807, 2.05) is 31.2 Å². The van der Waals surface area contributed by atoms with Crippen LogP contribution in [0.2, 0.25) is 5.02 Å². The number of nitrogens with zero attached hydrogens (tertiary/aromatic N) is 2. The molecule has 0 spiro atoms. The zero-order chi connectivity index (χ0) is 24.9. The lowest BCUT2D eigenvalue weighted by molar-refractivity contribution is 0.102. The van der Waals surface area contributed by atoms with E-state index in [-0.39, 0.29) is 11.7 Å². The Morgan fingerprint density at radius 2 is 1.86 bits per heavy atom. The number of hydrogen-bond acceptors (Lipinski definition) is 6. The van der Waals surface area contributed by atoms with Crippen LogP contribution in [0.25, 0.3) is 22.9 Å². The predicted molar refractivity (Wildman–Crippen MR) is 140 cm³/mol. The summed E-state index contributed by atoms with van der Waals surface area (Å²) in [6.07, 6.45) is 1.66. The quantitative estimate of drug-likeness (QED) is 0.283. The number of hydrogen-bond donors (Lipinski definition) is 2. The van der Waals surface area contributed by atoms with Crippen LogP contribution < -0.4 is 10.1 Å². The first kappa shape index (κ1) is 24.0. The van der Waals surface area contributed by atoms with E-state index in [0.29, 0.717) is 43.2 Å². The number of aromatic hydroxyl groups is 1. The summed E-state index contributed by atoms with van der Waals surface area (Å²) < 4.78 is 5.16. The molecule has 1 aromatic heterocycles. The lowest BCUT2D eigenvalue weighted by atomic mass is 10.1. The monoisotopic (exact) mass is 501 g/mol. The maximum absolute atomic E-state index is 12.9. The van der Waals surface area contributed by atoms with Crippen LogP contribution in [0.1, 0.15) is 26.5 Å². The number of ether oxygens (including phenoxy) is 1. The third-order valence-electron chi connectivity index (χ3n) is 5.15. The van der Waals surface area contributed by atoms with Crippen molar-refractivity contribution < 1.29 is 14.6 Å². The number of nitriles is 1. The van der Waals surface area contributed by atoms with Gasteiger partial charge in [-0.3, -0.25) is 4.79 Å². The van der Waals surface area contributed by atoms with E-state index >= 15 is 0 Å². The molecule has 3 aromatic carbocycles. The van der Waals surface area contributed by atoms with E-state index in [0.717, 1.165) is 11.1 Å². The summed E-state index contributed by atoms with van der Waals surface area (Å²) in [6.45, 7) is 1.99. The van der Waals surface area contributed by atoms with Gasteiger partial charge in [-0.1, -0.05) is 58.8 Å². The van der Waals surface area contributed by atoms with Crippen molar-refractivity contribution >= 4 is 45.5 Å². The van der Waals surface area contributed by atoms with Crippen molar-refractivity contribution in [2.24, 2.45) is 0 Å². The summed E-state index contributed by atoms with van der Waals surface area (Å²) in [6, 6.07) is 21.3. The van der Waals surface area contributed by atoms with E-state index in [4.69, 9.17) is 21.3 Å². The van der Waals surface area contributed by atoms with E-state index in [9.17, 15) is 15.2 Å². The molecule has 0 aliphatic heterocycles. The Kier molecular flexibility index (Phi) is 7.16. The third kappa shape index (κ3) is 5.52. The van der Waals surface area contributed by atoms with Crippen molar-refractivity contribution in [1.29, 1.82) is 5.26 Å². The highest BCUT2D eigenvalue weighted by atomic mass is 35.5. The Balaban J connectivity index is 1.76. The lowest BCUT2D eigenvalue weighted by Gasteiger charge is -2.06. The first-order valence-electron chi connectivity index (χ1n) is 10.5. The summed E-state index contributed by atoms with van der Waals surface area (Å²) >= 11 is 7.15. The van der Waals surface area contributed by atoms with E-state index in [1.54, 1.807) is 42.5 Å². The highest BCUT2D eigenvalue weighted by Gasteiger charge is 2.19. The van der Waals surface area contributed by atoms with Gasteiger partial charge in [0.2, 0.25) is 0 Å². The standard InChI is InChI=1S/C27H20ClN3O3S/c1-16-3-6-18(7-4-16)24-27(31-25(33)19-8-10-21(28)11-9-19)35-26(30-24)20(15-29)13-17-5-12-22(32)23(14-17)34-2/h3-14,32H,1-2H3,(H,31,33)/b20-13+. The van der Waals surface area contributed by atoms with Gasteiger partial charge in [-0.15, -0.1) is 0 Å². The molecule has 0 saturated carbocycles. The van der Waals surface area contributed by atoms with Gasteiger partial charge < -0.3 is 15.2 Å². The summed E-state index contributed by atoms with van der Waals surface area (Å²) in [5, 5.41) is 24.2. The largest absolute Gasteiger partial charge is 0.504 e. The molecular formula is C27H20ClN3O3S. The minimum atomic E-state index is -0.309. The summed E-state index contributed by atoms with van der Waals surface area (Å²) in [4.78, 5) is 17.6. The van der Waals surface area contributed by atoms with Crippen molar-refractivity contribution in [3.8, 4) is 28.8 Å². The third-order valence-corrected chi connectivity index (χ3v) is 6.41. The van der Waals surface area contributed by atoms with Crippen molar-refractivity contribution in [2.75, 3.05) is 12.4 Å².